The highest BCUT2D eigenvalue weighted by Gasteiger charge is 2.05. The fraction of sp³-hybridized carbons (Fsp3) is 0.357. The molecule has 4 nitrogen and oxygen atoms in total. The third-order valence-corrected chi connectivity index (χ3v) is 3.92. The summed E-state index contributed by atoms with van der Waals surface area (Å²) in [5.41, 5.74) is 1.58. The Kier molecular flexibility index (Phi) is 6.22. The summed E-state index contributed by atoms with van der Waals surface area (Å²) in [5, 5.41) is 6.47. The first-order valence-electron chi connectivity index (χ1n) is 6.55. The number of halogens is 2. The number of hydrogen-bond acceptors (Lipinski definition) is 5. The van der Waals surface area contributed by atoms with Gasteiger partial charge < -0.3 is 15.4 Å². The van der Waals surface area contributed by atoms with E-state index in [0.717, 1.165) is 29.2 Å². The average molecular weight is 330 g/mol. The molecule has 0 spiro atoms. The number of ether oxygens (including phenoxy) is 1. The van der Waals surface area contributed by atoms with Gasteiger partial charge in [0.05, 0.1) is 17.9 Å². The van der Waals surface area contributed by atoms with E-state index in [4.69, 9.17) is 16.3 Å². The average Bonchev–Trinajstić information content (AvgIpc) is 2.89. The normalized spacial score (nSPS) is 10.6. The van der Waals surface area contributed by atoms with Gasteiger partial charge in [-0.25, -0.2) is 9.37 Å². The second-order valence-corrected chi connectivity index (χ2v) is 6.09. The Morgan fingerprint density at radius 2 is 2.19 bits per heavy atom. The summed E-state index contributed by atoms with van der Waals surface area (Å²) >= 11 is 7.19. The molecule has 0 aliphatic carbocycles. The van der Waals surface area contributed by atoms with Crippen LogP contribution in [0.4, 0.5) is 15.8 Å². The van der Waals surface area contributed by atoms with Crippen LogP contribution in [0.2, 0.25) is 4.47 Å². The topological polar surface area (TPSA) is 46.2 Å². The predicted molar refractivity (Wildman–Crippen MR) is 85.8 cm³/mol. The van der Waals surface area contributed by atoms with Crippen LogP contribution in [0.3, 0.4) is 0 Å². The molecule has 0 saturated carbocycles. The molecule has 21 heavy (non-hydrogen) atoms. The Balaban J connectivity index is 1.97. The van der Waals surface area contributed by atoms with E-state index in [9.17, 15) is 4.39 Å². The molecule has 0 fully saturated rings. The van der Waals surface area contributed by atoms with Gasteiger partial charge in [-0.3, -0.25) is 0 Å². The molecule has 7 heteroatoms. The van der Waals surface area contributed by atoms with Crippen LogP contribution in [0, 0.1) is 5.82 Å². The Morgan fingerprint density at radius 1 is 1.33 bits per heavy atom. The predicted octanol–water partition coefficient (Wildman–Crippen LogP) is 4.00. The number of aromatic nitrogens is 1. The zero-order chi connectivity index (χ0) is 15.1. The van der Waals surface area contributed by atoms with E-state index >= 15 is 0 Å². The number of nitrogens with zero attached hydrogens (tertiary/aromatic N) is 1. The van der Waals surface area contributed by atoms with Crippen molar-refractivity contribution in [1.82, 2.24) is 4.98 Å². The zero-order valence-corrected chi connectivity index (χ0v) is 13.2. The first-order valence-corrected chi connectivity index (χ1v) is 7.75. The quantitative estimate of drug-likeness (QED) is 0.719. The van der Waals surface area contributed by atoms with Crippen LogP contribution in [0.25, 0.3) is 0 Å². The first-order chi connectivity index (χ1) is 10.2. The van der Waals surface area contributed by atoms with E-state index in [2.05, 4.69) is 15.6 Å². The summed E-state index contributed by atoms with van der Waals surface area (Å²) in [5.74, 6) is -0.276. The molecule has 0 saturated heterocycles. The zero-order valence-electron chi connectivity index (χ0n) is 11.7. The van der Waals surface area contributed by atoms with Crippen LogP contribution in [0.5, 0.6) is 0 Å². The Hall–Kier alpha value is -1.37. The largest absolute Gasteiger partial charge is 0.385 e. The van der Waals surface area contributed by atoms with Gasteiger partial charge in [0.15, 0.2) is 4.47 Å². The maximum Gasteiger partial charge on any atom is 0.183 e. The SMILES string of the molecule is COCCCNc1ccc(F)cc1NCc1cnc(Cl)s1. The number of nitrogens with one attached hydrogen (secondary N) is 2. The van der Waals surface area contributed by atoms with E-state index in [-0.39, 0.29) is 5.82 Å². The number of thiazole rings is 1. The number of methoxy groups -OCH3 is 1. The molecule has 1 heterocycles. The van der Waals surface area contributed by atoms with Crippen molar-refractivity contribution >= 4 is 34.3 Å². The molecule has 2 aromatic rings. The van der Waals surface area contributed by atoms with Crippen molar-refractivity contribution < 1.29 is 9.13 Å². The van der Waals surface area contributed by atoms with E-state index in [0.29, 0.717) is 17.6 Å². The number of anilines is 2. The molecule has 114 valence electrons. The molecule has 1 aromatic heterocycles. The molecule has 0 atom stereocenters. The Morgan fingerprint density at radius 3 is 2.90 bits per heavy atom. The minimum absolute atomic E-state index is 0.276. The van der Waals surface area contributed by atoms with E-state index in [1.165, 1.54) is 23.5 Å². The van der Waals surface area contributed by atoms with Crippen molar-refractivity contribution in [1.29, 1.82) is 0 Å². The van der Waals surface area contributed by atoms with E-state index in [1.807, 2.05) is 0 Å². The molecule has 2 rings (SSSR count). The summed E-state index contributed by atoms with van der Waals surface area (Å²) < 4.78 is 18.9. The summed E-state index contributed by atoms with van der Waals surface area (Å²) in [6.07, 6.45) is 2.60. The van der Waals surface area contributed by atoms with Gasteiger partial charge in [-0.1, -0.05) is 11.6 Å². The smallest absolute Gasteiger partial charge is 0.183 e. The van der Waals surface area contributed by atoms with Crippen molar-refractivity contribution in [3.05, 3.63) is 39.6 Å². The summed E-state index contributed by atoms with van der Waals surface area (Å²) in [4.78, 5) is 4.97. The molecule has 0 radical (unpaired) electrons. The molecule has 1 aromatic carbocycles. The minimum Gasteiger partial charge on any atom is -0.385 e. The van der Waals surface area contributed by atoms with Gasteiger partial charge in [-0.2, -0.15) is 0 Å². The van der Waals surface area contributed by atoms with Crippen molar-refractivity contribution in [3.8, 4) is 0 Å². The fourth-order valence-electron chi connectivity index (χ4n) is 1.80. The second kappa shape index (κ2) is 8.17. The van der Waals surface area contributed by atoms with Crippen LogP contribution in [-0.4, -0.2) is 25.2 Å². The summed E-state index contributed by atoms with van der Waals surface area (Å²) in [6, 6.07) is 4.64. The first kappa shape index (κ1) is 16.0. The third-order valence-electron chi connectivity index (χ3n) is 2.80. The molecule has 2 N–H and O–H groups in total. The summed E-state index contributed by atoms with van der Waals surface area (Å²) in [7, 11) is 1.67. The van der Waals surface area contributed by atoms with Gasteiger partial charge in [0, 0.05) is 31.3 Å². The van der Waals surface area contributed by atoms with Gasteiger partial charge in [-0.05, 0) is 24.6 Å². The monoisotopic (exact) mass is 329 g/mol. The van der Waals surface area contributed by atoms with Crippen LogP contribution in [-0.2, 0) is 11.3 Å². The molecule has 0 aliphatic heterocycles. The lowest BCUT2D eigenvalue weighted by Gasteiger charge is -2.13. The van der Waals surface area contributed by atoms with E-state index < -0.39 is 0 Å². The van der Waals surface area contributed by atoms with Gasteiger partial charge in [0.25, 0.3) is 0 Å². The highest BCUT2D eigenvalue weighted by Crippen LogP contribution is 2.25. The number of benzene rings is 1. The van der Waals surface area contributed by atoms with Crippen LogP contribution in [0.15, 0.2) is 24.4 Å². The molecule has 0 bridgehead atoms. The third kappa shape index (κ3) is 5.15. The van der Waals surface area contributed by atoms with Crippen LogP contribution >= 0.6 is 22.9 Å². The lowest BCUT2D eigenvalue weighted by atomic mass is 10.2. The van der Waals surface area contributed by atoms with Gasteiger partial charge in [0.1, 0.15) is 5.82 Å². The van der Waals surface area contributed by atoms with E-state index in [1.54, 1.807) is 19.4 Å². The molecular weight excluding hydrogens is 313 g/mol. The fourth-order valence-corrected chi connectivity index (χ4v) is 2.72. The Bertz CT molecular complexity index is 579. The van der Waals surface area contributed by atoms with Crippen molar-refractivity contribution in [3.63, 3.8) is 0 Å². The Labute approximate surface area is 132 Å². The number of hydrogen-bond donors (Lipinski definition) is 2. The lowest BCUT2D eigenvalue weighted by Crippen LogP contribution is -2.08. The molecule has 0 unspecified atom stereocenters. The highest BCUT2D eigenvalue weighted by molar-refractivity contribution is 7.15. The maximum atomic E-state index is 13.4. The highest BCUT2D eigenvalue weighted by atomic mass is 35.5. The van der Waals surface area contributed by atoms with Crippen LogP contribution < -0.4 is 10.6 Å². The van der Waals surface area contributed by atoms with Gasteiger partial charge in [0.2, 0.25) is 0 Å². The second-order valence-electron chi connectivity index (χ2n) is 4.40. The van der Waals surface area contributed by atoms with Crippen molar-refractivity contribution in [2.45, 2.75) is 13.0 Å². The molecular formula is C14H17ClFN3OS. The molecule has 0 amide bonds. The lowest BCUT2D eigenvalue weighted by molar-refractivity contribution is 0.198. The maximum absolute atomic E-state index is 13.4. The standard InChI is InChI=1S/C14H17ClFN3OS/c1-20-6-2-5-17-12-4-3-10(16)7-13(12)18-8-11-9-19-14(15)21-11/h3-4,7,9,17-18H,2,5-6,8H2,1H3. The number of rotatable bonds is 8. The van der Waals surface area contributed by atoms with Crippen LogP contribution in [0.1, 0.15) is 11.3 Å². The minimum atomic E-state index is -0.276. The van der Waals surface area contributed by atoms with Gasteiger partial charge >= 0.3 is 0 Å². The van der Waals surface area contributed by atoms with Crippen molar-refractivity contribution in [2.75, 3.05) is 30.9 Å². The summed E-state index contributed by atoms with van der Waals surface area (Å²) in [6.45, 7) is 2.01. The van der Waals surface area contributed by atoms with Crippen molar-refractivity contribution in [2.24, 2.45) is 0 Å². The molecule has 0 aliphatic rings. The van der Waals surface area contributed by atoms with Gasteiger partial charge in [-0.15, -0.1) is 11.3 Å².